The van der Waals surface area contributed by atoms with Crippen LogP contribution in [0.4, 0.5) is 0 Å². The molecule has 12 heavy (non-hydrogen) atoms. The minimum Gasteiger partial charge on any atom is -0.481 e. The topological polar surface area (TPSA) is 54.4 Å². The van der Waals surface area contributed by atoms with Crippen molar-refractivity contribution >= 4 is 12.3 Å². The number of hydrogen-bond donors (Lipinski definition) is 1. The first-order chi connectivity index (χ1) is 5.72. The summed E-state index contributed by atoms with van der Waals surface area (Å²) in [5.41, 5.74) is 0. The standard InChI is InChI=1S/C9H10O3/c10-3-1-2-7-4-8(5-7)6-9(11)12/h3,7-8H,4-6H2,(H,11,12). The van der Waals surface area contributed by atoms with Gasteiger partial charge < -0.3 is 5.11 Å². The largest absolute Gasteiger partial charge is 0.481 e. The molecule has 0 spiro atoms. The zero-order chi connectivity index (χ0) is 8.97. The summed E-state index contributed by atoms with van der Waals surface area (Å²) in [7, 11) is 0. The normalized spacial score (nSPS) is 26.3. The highest BCUT2D eigenvalue weighted by atomic mass is 16.4. The molecule has 1 aliphatic carbocycles. The van der Waals surface area contributed by atoms with Crippen molar-refractivity contribution in [2.24, 2.45) is 11.8 Å². The van der Waals surface area contributed by atoms with Gasteiger partial charge in [-0.2, -0.15) is 0 Å². The Bertz CT molecular complexity index is 240. The van der Waals surface area contributed by atoms with Gasteiger partial charge in [-0.15, -0.1) is 0 Å². The molecule has 64 valence electrons. The number of aliphatic carboxylic acids is 1. The molecule has 0 aromatic carbocycles. The number of aldehydes is 1. The summed E-state index contributed by atoms with van der Waals surface area (Å²) < 4.78 is 0. The van der Waals surface area contributed by atoms with Gasteiger partial charge in [0.2, 0.25) is 0 Å². The quantitative estimate of drug-likeness (QED) is 0.485. The van der Waals surface area contributed by atoms with E-state index in [1.54, 1.807) is 0 Å². The van der Waals surface area contributed by atoms with Crippen LogP contribution in [0.3, 0.4) is 0 Å². The molecule has 3 nitrogen and oxygen atoms in total. The van der Waals surface area contributed by atoms with Crippen molar-refractivity contribution in [3.05, 3.63) is 0 Å². The SMILES string of the molecule is O=CC#CC1CC(CC(=O)O)C1. The summed E-state index contributed by atoms with van der Waals surface area (Å²) in [6, 6.07) is 0. The Hall–Kier alpha value is -1.30. The molecule has 0 amide bonds. The lowest BCUT2D eigenvalue weighted by Gasteiger charge is -2.30. The molecule has 0 aromatic heterocycles. The Morgan fingerprint density at radius 2 is 2.25 bits per heavy atom. The summed E-state index contributed by atoms with van der Waals surface area (Å²) in [6.07, 6.45) is 2.46. The molecule has 1 aliphatic rings. The Labute approximate surface area is 70.8 Å². The van der Waals surface area contributed by atoms with Gasteiger partial charge >= 0.3 is 5.97 Å². The molecule has 1 fully saturated rings. The lowest BCUT2D eigenvalue weighted by molar-refractivity contribution is -0.139. The lowest BCUT2D eigenvalue weighted by atomic mass is 9.74. The molecule has 0 saturated heterocycles. The van der Waals surface area contributed by atoms with E-state index in [1.165, 1.54) is 0 Å². The number of carbonyl (C=O) groups is 2. The molecule has 1 saturated carbocycles. The molecule has 0 radical (unpaired) electrons. The van der Waals surface area contributed by atoms with E-state index in [1.807, 2.05) is 0 Å². The highest BCUT2D eigenvalue weighted by molar-refractivity contribution is 5.72. The van der Waals surface area contributed by atoms with Crippen LogP contribution < -0.4 is 0 Å². The predicted octanol–water partition coefficient (Wildman–Crippen LogP) is 0.690. The van der Waals surface area contributed by atoms with Crippen molar-refractivity contribution in [3.63, 3.8) is 0 Å². The molecule has 0 unspecified atom stereocenters. The smallest absolute Gasteiger partial charge is 0.303 e. The fourth-order valence-electron chi connectivity index (χ4n) is 1.42. The van der Waals surface area contributed by atoms with Crippen LogP contribution in [0.5, 0.6) is 0 Å². The molecule has 0 atom stereocenters. The van der Waals surface area contributed by atoms with Gasteiger partial charge in [-0.1, -0.05) is 5.92 Å². The van der Waals surface area contributed by atoms with E-state index < -0.39 is 5.97 Å². The maximum atomic E-state index is 10.2. The van der Waals surface area contributed by atoms with E-state index in [4.69, 9.17) is 5.11 Å². The third-order valence-electron chi connectivity index (χ3n) is 2.05. The van der Waals surface area contributed by atoms with Crippen LogP contribution in [-0.2, 0) is 9.59 Å². The van der Waals surface area contributed by atoms with Crippen molar-refractivity contribution < 1.29 is 14.7 Å². The number of hydrogen-bond acceptors (Lipinski definition) is 2. The first-order valence-electron chi connectivity index (χ1n) is 3.89. The second kappa shape index (κ2) is 3.91. The third kappa shape index (κ3) is 2.39. The maximum absolute atomic E-state index is 10.2. The summed E-state index contributed by atoms with van der Waals surface area (Å²) >= 11 is 0. The van der Waals surface area contributed by atoms with E-state index >= 15 is 0 Å². The molecule has 0 aliphatic heterocycles. The van der Waals surface area contributed by atoms with Gasteiger partial charge in [0.1, 0.15) is 0 Å². The Kier molecular flexibility index (Phi) is 2.87. The van der Waals surface area contributed by atoms with Crippen LogP contribution in [0.2, 0.25) is 0 Å². The lowest BCUT2D eigenvalue weighted by Crippen LogP contribution is -2.24. The van der Waals surface area contributed by atoms with Gasteiger partial charge in [-0.3, -0.25) is 9.59 Å². The van der Waals surface area contributed by atoms with E-state index in [0.717, 1.165) is 12.8 Å². The highest BCUT2D eigenvalue weighted by Crippen LogP contribution is 2.35. The monoisotopic (exact) mass is 166 g/mol. The zero-order valence-electron chi connectivity index (χ0n) is 6.62. The molecule has 1 rings (SSSR count). The fourth-order valence-corrected chi connectivity index (χ4v) is 1.42. The second-order valence-electron chi connectivity index (χ2n) is 3.04. The van der Waals surface area contributed by atoms with E-state index in [2.05, 4.69) is 11.8 Å². The van der Waals surface area contributed by atoms with Crippen molar-refractivity contribution in [2.75, 3.05) is 0 Å². The summed E-state index contributed by atoms with van der Waals surface area (Å²) in [5.74, 6) is 4.88. The maximum Gasteiger partial charge on any atom is 0.303 e. The first-order valence-corrected chi connectivity index (χ1v) is 3.89. The van der Waals surface area contributed by atoms with E-state index in [0.29, 0.717) is 6.29 Å². The molecule has 0 heterocycles. The van der Waals surface area contributed by atoms with Crippen LogP contribution in [0.25, 0.3) is 0 Å². The molecule has 3 heteroatoms. The summed E-state index contributed by atoms with van der Waals surface area (Å²) in [6.45, 7) is 0. The van der Waals surface area contributed by atoms with E-state index in [-0.39, 0.29) is 18.3 Å². The van der Waals surface area contributed by atoms with Crippen molar-refractivity contribution in [3.8, 4) is 11.8 Å². The Morgan fingerprint density at radius 1 is 1.58 bits per heavy atom. The van der Waals surface area contributed by atoms with Crippen LogP contribution >= 0.6 is 0 Å². The average Bonchev–Trinajstić information content (AvgIpc) is 1.93. The van der Waals surface area contributed by atoms with Crippen LogP contribution in [0, 0.1) is 23.7 Å². The fraction of sp³-hybridized carbons (Fsp3) is 0.556. The van der Waals surface area contributed by atoms with Crippen molar-refractivity contribution in [1.82, 2.24) is 0 Å². The predicted molar refractivity (Wildman–Crippen MR) is 42.3 cm³/mol. The molecule has 0 bridgehead atoms. The minimum atomic E-state index is -0.748. The first kappa shape index (κ1) is 8.79. The average molecular weight is 166 g/mol. The summed E-state index contributed by atoms with van der Waals surface area (Å²) in [5, 5.41) is 8.42. The van der Waals surface area contributed by atoms with Crippen molar-refractivity contribution in [1.29, 1.82) is 0 Å². The van der Waals surface area contributed by atoms with Gasteiger partial charge in [0.15, 0.2) is 6.29 Å². The van der Waals surface area contributed by atoms with Gasteiger partial charge in [0.25, 0.3) is 0 Å². The van der Waals surface area contributed by atoms with Crippen LogP contribution in [0.1, 0.15) is 19.3 Å². The van der Waals surface area contributed by atoms with Crippen LogP contribution in [-0.4, -0.2) is 17.4 Å². The second-order valence-corrected chi connectivity index (χ2v) is 3.04. The number of rotatable bonds is 2. The third-order valence-corrected chi connectivity index (χ3v) is 2.05. The molecule has 1 N–H and O–H groups in total. The Morgan fingerprint density at radius 3 is 2.75 bits per heavy atom. The molecule has 0 aromatic rings. The minimum absolute atomic E-state index is 0.235. The number of carbonyl (C=O) groups excluding carboxylic acids is 1. The highest BCUT2D eigenvalue weighted by Gasteiger charge is 2.29. The summed E-state index contributed by atoms with van der Waals surface area (Å²) in [4.78, 5) is 20.1. The van der Waals surface area contributed by atoms with Gasteiger partial charge in [-0.25, -0.2) is 0 Å². The zero-order valence-corrected chi connectivity index (χ0v) is 6.62. The molecular formula is C9H10O3. The van der Waals surface area contributed by atoms with E-state index in [9.17, 15) is 9.59 Å². The van der Waals surface area contributed by atoms with Crippen molar-refractivity contribution in [2.45, 2.75) is 19.3 Å². The van der Waals surface area contributed by atoms with Crippen LogP contribution in [0.15, 0.2) is 0 Å². The number of carboxylic acid groups (broad SMARTS) is 1. The molecular weight excluding hydrogens is 156 g/mol. The van der Waals surface area contributed by atoms with Gasteiger partial charge in [0.05, 0.1) is 0 Å². The van der Waals surface area contributed by atoms with Gasteiger partial charge in [0, 0.05) is 12.3 Å². The van der Waals surface area contributed by atoms with Gasteiger partial charge in [-0.05, 0) is 24.7 Å². The number of carboxylic acids is 1. The Balaban J connectivity index is 2.19.